The quantitative estimate of drug-likeness (QED) is 0.909. The van der Waals surface area contributed by atoms with Gasteiger partial charge in [0.25, 0.3) is 0 Å². The van der Waals surface area contributed by atoms with E-state index < -0.39 is 0 Å². The monoisotopic (exact) mass is 269 g/mol. The van der Waals surface area contributed by atoms with Crippen LogP contribution in [0.4, 0.5) is 0 Å². The molecule has 3 rings (SSSR count). The van der Waals surface area contributed by atoms with Gasteiger partial charge < -0.3 is 9.72 Å². The lowest BCUT2D eigenvalue weighted by atomic mass is 10.1. The summed E-state index contributed by atoms with van der Waals surface area (Å²) in [4.78, 5) is 4.43. The molecule has 1 saturated heterocycles. The third-order valence-electron chi connectivity index (χ3n) is 3.28. The highest BCUT2D eigenvalue weighted by molar-refractivity contribution is 6.39. The fraction of sp³-hybridized carbons (Fsp3) is 0.417. The van der Waals surface area contributed by atoms with Crippen molar-refractivity contribution in [3.05, 3.63) is 34.3 Å². The Labute approximate surface area is 110 Å². The smallest absolute Gasteiger partial charge is 0.156 e. The fourth-order valence-corrected chi connectivity index (χ4v) is 3.00. The van der Waals surface area contributed by atoms with Crippen LogP contribution in [0, 0.1) is 5.92 Å². The molecular weight excluding hydrogens is 257 g/mol. The summed E-state index contributed by atoms with van der Waals surface area (Å²) in [7, 11) is 0. The standard InChI is InChI=1S/C12H13Cl2N3/c13-9-2-1-5-17-10(16-12(14)11(9)17)6-8-3-4-15-7-8/h1-2,5,8,15H,3-4,6-7H2. The summed E-state index contributed by atoms with van der Waals surface area (Å²) in [6.45, 7) is 2.16. The Balaban J connectivity index is 2.01. The van der Waals surface area contributed by atoms with Crippen molar-refractivity contribution >= 4 is 28.7 Å². The van der Waals surface area contributed by atoms with E-state index in [4.69, 9.17) is 23.2 Å². The molecule has 90 valence electrons. The predicted molar refractivity (Wildman–Crippen MR) is 69.9 cm³/mol. The number of hydrogen-bond donors (Lipinski definition) is 1. The third kappa shape index (κ3) is 2.03. The molecule has 3 heterocycles. The largest absolute Gasteiger partial charge is 0.316 e. The van der Waals surface area contributed by atoms with Gasteiger partial charge in [0.2, 0.25) is 0 Å². The van der Waals surface area contributed by atoms with E-state index in [-0.39, 0.29) is 0 Å². The zero-order valence-electron chi connectivity index (χ0n) is 9.29. The summed E-state index contributed by atoms with van der Waals surface area (Å²) in [6, 6.07) is 3.76. The molecule has 1 atom stereocenters. The fourth-order valence-electron chi connectivity index (χ4n) is 2.41. The van der Waals surface area contributed by atoms with Gasteiger partial charge in [-0.25, -0.2) is 4.98 Å². The van der Waals surface area contributed by atoms with Crippen LogP contribution < -0.4 is 5.32 Å². The Hall–Kier alpha value is -0.770. The van der Waals surface area contributed by atoms with Crippen LogP contribution in [0.5, 0.6) is 0 Å². The minimum absolute atomic E-state index is 0.497. The van der Waals surface area contributed by atoms with E-state index in [1.165, 1.54) is 6.42 Å². The first-order valence-electron chi connectivity index (χ1n) is 5.77. The summed E-state index contributed by atoms with van der Waals surface area (Å²) in [5, 5.41) is 4.51. The van der Waals surface area contributed by atoms with Crippen molar-refractivity contribution in [3.8, 4) is 0 Å². The summed E-state index contributed by atoms with van der Waals surface area (Å²) in [5.74, 6) is 1.65. The first-order valence-corrected chi connectivity index (χ1v) is 6.53. The van der Waals surface area contributed by atoms with Gasteiger partial charge in [-0.1, -0.05) is 23.2 Å². The normalized spacial score (nSPS) is 20.2. The molecule has 3 nitrogen and oxygen atoms in total. The van der Waals surface area contributed by atoms with Crippen molar-refractivity contribution in [2.45, 2.75) is 12.8 Å². The molecule has 1 N–H and O–H groups in total. The Kier molecular flexibility index (Phi) is 2.99. The molecule has 0 aromatic carbocycles. The molecule has 17 heavy (non-hydrogen) atoms. The number of fused-ring (bicyclic) bond motifs is 1. The van der Waals surface area contributed by atoms with Crippen molar-refractivity contribution in [2.75, 3.05) is 13.1 Å². The average Bonchev–Trinajstić information content (AvgIpc) is 2.90. The zero-order chi connectivity index (χ0) is 11.8. The second-order valence-corrected chi connectivity index (χ2v) is 5.22. The molecule has 0 amide bonds. The molecule has 1 unspecified atom stereocenters. The van der Waals surface area contributed by atoms with Gasteiger partial charge in [0, 0.05) is 12.6 Å². The molecule has 0 saturated carbocycles. The summed E-state index contributed by atoms with van der Waals surface area (Å²) < 4.78 is 2.00. The van der Waals surface area contributed by atoms with E-state index in [0.29, 0.717) is 16.1 Å². The van der Waals surface area contributed by atoms with Crippen LogP contribution in [0.3, 0.4) is 0 Å². The molecule has 2 aromatic rings. The van der Waals surface area contributed by atoms with Crippen LogP contribution >= 0.6 is 23.2 Å². The van der Waals surface area contributed by atoms with Gasteiger partial charge in [-0.2, -0.15) is 0 Å². The Bertz CT molecular complexity index is 544. The van der Waals surface area contributed by atoms with Crippen LogP contribution in [-0.2, 0) is 6.42 Å². The Morgan fingerprint density at radius 1 is 1.47 bits per heavy atom. The van der Waals surface area contributed by atoms with Crippen molar-refractivity contribution < 1.29 is 0 Å². The molecule has 1 aliphatic rings. The first-order chi connectivity index (χ1) is 8.25. The Morgan fingerprint density at radius 2 is 2.35 bits per heavy atom. The van der Waals surface area contributed by atoms with Gasteiger partial charge in [-0.05, 0) is 37.6 Å². The summed E-state index contributed by atoms with van der Waals surface area (Å²) in [6.07, 6.45) is 4.12. The number of hydrogen-bond acceptors (Lipinski definition) is 2. The summed E-state index contributed by atoms with van der Waals surface area (Å²) >= 11 is 12.3. The van der Waals surface area contributed by atoms with Crippen LogP contribution in [-0.4, -0.2) is 22.5 Å². The van der Waals surface area contributed by atoms with Gasteiger partial charge in [0.1, 0.15) is 11.3 Å². The van der Waals surface area contributed by atoms with E-state index in [2.05, 4.69) is 10.3 Å². The van der Waals surface area contributed by atoms with Crippen molar-refractivity contribution in [1.29, 1.82) is 0 Å². The van der Waals surface area contributed by atoms with E-state index in [0.717, 1.165) is 30.9 Å². The van der Waals surface area contributed by atoms with Crippen LogP contribution in [0.2, 0.25) is 10.2 Å². The highest BCUT2D eigenvalue weighted by atomic mass is 35.5. The van der Waals surface area contributed by atoms with Crippen LogP contribution in [0.25, 0.3) is 5.52 Å². The van der Waals surface area contributed by atoms with Crippen LogP contribution in [0.15, 0.2) is 18.3 Å². The maximum Gasteiger partial charge on any atom is 0.156 e. The SMILES string of the molecule is Clc1cccn2c(CC3CCNC3)nc(Cl)c12. The number of pyridine rings is 1. The lowest BCUT2D eigenvalue weighted by Crippen LogP contribution is -2.12. The number of halogens is 2. The van der Waals surface area contributed by atoms with Crippen molar-refractivity contribution in [1.82, 2.24) is 14.7 Å². The highest BCUT2D eigenvalue weighted by Crippen LogP contribution is 2.27. The van der Waals surface area contributed by atoms with E-state index >= 15 is 0 Å². The lowest BCUT2D eigenvalue weighted by Gasteiger charge is -2.07. The van der Waals surface area contributed by atoms with Gasteiger partial charge >= 0.3 is 0 Å². The summed E-state index contributed by atoms with van der Waals surface area (Å²) in [5.41, 5.74) is 0.816. The molecule has 0 radical (unpaired) electrons. The first kappa shape index (κ1) is 11.3. The molecule has 2 aromatic heterocycles. The number of aromatic nitrogens is 2. The molecule has 0 bridgehead atoms. The maximum atomic E-state index is 6.14. The van der Waals surface area contributed by atoms with Crippen LogP contribution in [0.1, 0.15) is 12.2 Å². The van der Waals surface area contributed by atoms with E-state index in [1.54, 1.807) is 0 Å². The average molecular weight is 270 g/mol. The highest BCUT2D eigenvalue weighted by Gasteiger charge is 2.19. The molecule has 1 fully saturated rings. The second kappa shape index (κ2) is 4.48. The number of rotatable bonds is 2. The topological polar surface area (TPSA) is 29.3 Å². The van der Waals surface area contributed by atoms with Gasteiger partial charge in [-0.3, -0.25) is 0 Å². The molecule has 0 spiro atoms. The molecule has 1 aliphatic heterocycles. The van der Waals surface area contributed by atoms with Gasteiger partial charge in [-0.15, -0.1) is 0 Å². The van der Waals surface area contributed by atoms with E-state index in [9.17, 15) is 0 Å². The van der Waals surface area contributed by atoms with Gasteiger partial charge in [0.05, 0.1) is 5.02 Å². The predicted octanol–water partition coefficient (Wildman–Crippen LogP) is 2.79. The lowest BCUT2D eigenvalue weighted by molar-refractivity contribution is 0.560. The minimum atomic E-state index is 0.497. The van der Waals surface area contributed by atoms with E-state index in [1.807, 2.05) is 22.7 Å². The number of imidazole rings is 1. The number of nitrogens with one attached hydrogen (secondary N) is 1. The van der Waals surface area contributed by atoms with Crippen molar-refractivity contribution in [2.24, 2.45) is 5.92 Å². The van der Waals surface area contributed by atoms with Crippen molar-refractivity contribution in [3.63, 3.8) is 0 Å². The molecule has 5 heteroatoms. The maximum absolute atomic E-state index is 6.14. The minimum Gasteiger partial charge on any atom is -0.316 e. The van der Waals surface area contributed by atoms with Gasteiger partial charge in [0.15, 0.2) is 5.15 Å². The molecular formula is C12H13Cl2N3. The second-order valence-electron chi connectivity index (χ2n) is 4.46. The zero-order valence-corrected chi connectivity index (χ0v) is 10.8. The number of nitrogens with zero attached hydrogens (tertiary/aromatic N) is 2. The molecule has 0 aliphatic carbocycles. The third-order valence-corrected chi connectivity index (χ3v) is 3.85. The Morgan fingerprint density at radius 3 is 3.12 bits per heavy atom.